The van der Waals surface area contributed by atoms with Crippen molar-refractivity contribution in [3.63, 3.8) is 0 Å². The van der Waals surface area contributed by atoms with Crippen molar-refractivity contribution in [2.45, 2.75) is 25.0 Å². The fraction of sp³-hybridized carbons (Fsp3) is 0.350. The van der Waals surface area contributed by atoms with E-state index in [1.165, 1.54) is 6.20 Å². The van der Waals surface area contributed by atoms with Gasteiger partial charge >= 0.3 is 0 Å². The Kier molecular flexibility index (Phi) is 5.45. The second-order valence-corrected chi connectivity index (χ2v) is 7.28. The number of hydrogen-bond donors (Lipinski definition) is 1. The molecule has 4 rings (SSSR count). The van der Waals surface area contributed by atoms with Crippen LogP contribution in [0.2, 0.25) is 5.02 Å². The van der Waals surface area contributed by atoms with Crippen LogP contribution in [0.15, 0.2) is 42.6 Å². The lowest BCUT2D eigenvalue weighted by molar-refractivity contribution is -0.117. The van der Waals surface area contributed by atoms with Gasteiger partial charge in [0.25, 0.3) is 5.91 Å². The van der Waals surface area contributed by atoms with Gasteiger partial charge < -0.3 is 19.7 Å². The monoisotopic (exact) mass is 401 g/mol. The van der Waals surface area contributed by atoms with E-state index in [1.807, 2.05) is 0 Å². The molecule has 3 heterocycles. The standard InChI is InChI=1S/C20H20ClN3O4/c21-14-2-4-16(5-3-14)24-11-15(9-19(24)25)23-20(26)13-1-6-18(22-10-13)28-17-7-8-27-12-17/h1-6,10,15,17H,7-9,11-12H2,(H,23,26). The number of nitrogens with one attached hydrogen (secondary N) is 1. The number of rotatable bonds is 5. The zero-order valence-corrected chi connectivity index (χ0v) is 15.9. The first-order chi connectivity index (χ1) is 13.6. The van der Waals surface area contributed by atoms with Crippen molar-refractivity contribution in [2.24, 2.45) is 0 Å². The number of carbonyl (C=O) groups is 2. The van der Waals surface area contributed by atoms with E-state index in [1.54, 1.807) is 41.3 Å². The molecule has 2 aliphatic rings. The van der Waals surface area contributed by atoms with Crippen molar-refractivity contribution in [2.75, 3.05) is 24.7 Å². The van der Waals surface area contributed by atoms with E-state index in [0.717, 1.165) is 12.1 Å². The average molecular weight is 402 g/mol. The molecule has 2 amide bonds. The lowest BCUT2D eigenvalue weighted by Gasteiger charge is -2.17. The molecular formula is C20H20ClN3O4. The smallest absolute Gasteiger partial charge is 0.253 e. The second kappa shape index (κ2) is 8.16. The minimum Gasteiger partial charge on any atom is -0.472 e. The van der Waals surface area contributed by atoms with Gasteiger partial charge in [-0.2, -0.15) is 0 Å². The highest BCUT2D eigenvalue weighted by Gasteiger charge is 2.31. The number of amides is 2. The van der Waals surface area contributed by atoms with Gasteiger partial charge in [-0.05, 0) is 30.3 Å². The van der Waals surface area contributed by atoms with Gasteiger partial charge in [0, 0.05) is 42.4 Å². The summed E-state index contributed by atoms with van der Waals surface area (Å²) < 4.78 is 11.0. The summed E-state index contributed by atoms with van der Waals surface area (Å²) in [6.45, 7) is 1.67. The zero-order valence-electron chi connectivity index (χ0n) is 15.1. The second-order valence-electron chi connectivity index (χ2n) is 6.84. The highest BCUT2D eigenvalue weighted by atomic mass is 35.5. The fourth-order valence-electron chi connectivity index (χ4n) is 3.30. The van der Waals surface area contributed by atoms with Gasteiger partial charge in [0.2, 0.25) is 11.8 Å². The number of pyridine rings is 1. The quantitative estimate of drug-likeness (QED) is 0.832. The van der Waals surface area contributed by atoms with E-state index in [-0.39, 0.29) is 30.4 Å². The Labute approximate surface area is 167 Å². The summed E-state index contributed by atoms with van der Waals surface area (Å²) in [6, 6.07) is 10.1. The Morgan fingerprint density at radius 1 is 1.25 bits per heavy atom. The Morgan fingerprint density at radius 3 is 2.75 bits per heavy atom. The Balaban J connectivity index is 1.34. The molecule has 0 aliphatic carbocycles. The molecule has 2 unspecified atom stereocenters. The summed E-state index contributed by atoms with van der Waals surface area (Å²) >= 11 is 5.90. The predicted molar refractivity (Wildman–Crippen MR) is 104 cm³/mol. The largest absolute Gasteiger partial charge is 0.472 e. The topological polar surface area (TPSA) is 80.8 Å². The van der Waals surface area contributed by atoms with Crippen LogP contribution < -0.4 is 15.0 Å². The van der Waals surface area contributed by atoms with E-state index in [9.17, 15) is 9.59 Å². The maximum Gasteiger partial charge on any atom is 0.253 e. The predicted octanol–water partition coefficient (Wildman–Crippen LogP) is 2.44. The van der Waals surface area contributed by atoms with Crippen LogP contribution in [0.3, 0.4) is 0 Å². The van der Waals surface area contributed by atoms with Gasteiger partial charge in [-0.25, -0.2) is 4.98 Å². The summed E-state index contributed by atoms with van der Waals surface area (Å²) in [4.78, 5) is 30.6. The zero-order chi connectivity index (χ0) is 19.5. The molecule has 0 spiro atoms. The van der Waals surface area contributed by atoms with Crippen molar-refractivity contribution in [1.29, 1.82) is 0 Å². The van der Waals surface area contributed by atoms with Gasteiger partial charge in [0.1, 0.15) is 6.10 Å². The SMILES string of the molecule is O=C(NC1CC(=O)N(c2ccc(Cl)cc2)C1)c1ccc(OC2CCOC2)nc1. The van der Waals surface area contributed by atoms with E-state index in [0.29, 0.717) is 36.2 Å². The van der Waals surface area contributed by atoms with Gasteiger partial charge in [0.05, 0.1) is 24.8 Å². The summed E-state index contributed by atoms with van der Waals surface area (Å²) in [6.07, 6.45) is 2.58. The third kappa shape index (κ3) is 4.26. The molecule has 2 saturated heterocycles. The number of anilines is 1. The Morgan fingerprint density at radius 2 is 2.07 bits per heavy atom. The van der Waals surface area contributed by atoms with E-state index < -0.39 is 0 Å². The van der Waals surface area contributed by atoms with Crippen molar-refractivity contribution in [3.05, 3.63) is 53.2 Å². The highest BCUT2D eigenvalue weighted by molar-refractivity contribution is 6.30. The maximum absolute atomic E-state index is 12.5. The molecule has 28 heavy (non-hydrogen) atoms. The van der Waals surface area contributed by atoms with Crippen LogP contribution in [0.4, 0.5) is 5.69 Å². The first-order valence-corrected chi connectivity index (χ1v) is 9.53. The minimum atomic E-state index is -0.265. The third-order valence-corrected chi connectivity index (χ3v) is 5.02. The molecule has 2 fully saturated rings. The molecular weight excluding hydrogens is 382 g/mol. The van der Waals surface area contributed by atoms with Crippen LogP contribution in [0.25, 0.3) is 0 Å². The Bertz CT molecular complexity index is 851. The van der Waals surface area contributed by atoms with Crippen LogP contribution in [0.5, 0.6) is 5.88 Å². The summed E-state index contributed by atoms with van der Waals surface area (Å²) in [5, 5.41) is 3.51. The van der Waals surface area contributed by atoms with Crippen LogP contribution in [-0.2, 0) is 9.53 Å². The molecule has 1 aromatic carbocycles. The normalized spacial score (nSPS) is 21.8. The van der Waals surface area contributed by atoms with E-state index in [2.05, 4.69) is 10.3 Å². The number of benzene rings is 1. The fourth-order valence-corrected chi connectivity index (χ4v) is 3.43. The van der Waals surface area contributed by atoms with Gasteiger partial charge in [-0.1, -0.05) is 11.6 Å². The molecule has 1 aromatic heterocycles. The summed E-state index contributed by atoms with van der Waals surface area (Å²) in [5.74, 6) is 0.171. The average Bonchev–Trinajstić information content (AvgIpc) is 3.32. The molecule has 0 bridgehead atoms. The summed E-state index contributed by atoms with van der Waals surface area (Å²) in [5.41, 5.74) is 1.19. The van der Waals surface area contributed by atoms with Crippen molar-refractivity contribution >= 4 is 29.1 Å². The first kappa shape index (κ1) is 18.7. The molecule has 0 saturated carbocycles. The number of carbonyl (C=O) groups excluding carboxylic acids is 2. The van der Waals surface area contributed by atoms with Crippen LogP contribution in [0, 0.1) is 0 Å². The van der Waals surface area contributed by atoms with Crippen LogP contribution >= 0.6 is 11.6 Å². The third-order valence-electron chi connectivity index (χ3n) is 4.77. The molecule has 146 valence electrons. The Hall–Kier alpha value is -2.64. The molecule has 0 radical (unpaired) electrons. The van der Waals surface area contributed by atoms with Gasteiger partial charge in [-0.15, -0.1) is 0 Å². The number of nitrogens with zero attached hydrogens (tertiary/aromatic N) is 2. The van der Waals surface area contributed by atoms with Crippen molar-refractivity contribution < 1.29 is 19.1 Å². The lowest BCUT2D eigenvalue weighted by atomic mass is 10.2. The molecule has 2 atom stereocenters. The number of aromatic nitrogens is 1. The number of ether oxygens (including phenoxy) is 2. The summed E-state index contributed by atoms with van der Waals surface area (Å²) in [7, 11) is 0. The van der Waals surface area contributed by atoms with E-state index in [4.69, 9.17) is 21.1 Å². The maximum atomic E-state index is 12.5. The molecule has 8 heteroatoms. The van der Waals surface area contributed by atoms with Crippen molar-refractivity contribution in [3.8, 4) is 5.88 Å². The molecule has 7 nitrogen and oxygen atoms in total. The van der Waals surface area contributed by atoms with E-state index >= 15 is 0 Å². The number of halogens is 1. The first-order valence-electron chi connectivity index (χ1n) is 9.16. The van der Waals surface area contributed by atoms with Gasteiger partial charge in [-0.3, -0.25) is 9.59 Å². The molecule has 2 aromatic rings. The highest BCUT2D eigenvalue weighted by Crippen LogP contribution is 2.23. The van der Waals surface area contributed by atoms with Crippen molar-refractivity contribution in [1.82, 2.24) is 10.3 Å². The minimum absolute atomic E-state index is 0.00975. The molecule has 2 aliphatic heterocycles. The molecule has 1 N–H and O–H groups in total. The lowest BCUT2D eigenvalue weighted by Crippen LogP contribution is -2.37. The van der Waals surface area contributed by atoms with Crippen LogP contribution in [0.1, 0.15) is 23.2 Å². The van der Waals surface area contributed by atoms with Gasteiger partial charge in [0.15, 0.2) is 0 Å². The number of hydrogen-bond acceptors (Lipinski definition) is 5. The van der Waals surface area contributed by atoms with Crippen LogP contribution in [-0.4, -0.2) is 48.7 Å².